The van der Waals surface area contributed by atoms with E-state index in [9.17, 15) is 0 Å². The van der Waals surface area contributed by atoms with Gasteiger partial charge in [-0.25, -0.2) is 4.98 Å². The van der Waals surface area contributed by atoms with Crippen molar-refractivity contribution in [2.24, 2.45) is 5.73 Å². The lowest BCUT2D eigenvalue weighted by Gasteiger charge is -2.17. The minimum Gasteiger partial charge on any atom is -0.333 e. The van der Waals surface area contributed by atoms with E-state index in [1.54, 1.807) is 17.5 Å². The number of nitrogens with zero attached hydrogens (tertiary/aromatic N) is 3. The monoisotopic (exact) mass is 326 g/mol. The van der Waals surface area contributed by atoms with Crippen molar-refractivity contribution < 1.29 is 4.52 Å². The Hall–Kier alpha value is -2.05. The van der Waals surface area contributed by atoms with E-state index < -0.39 is 5.54 Å². The minimum atomic E-state index is -0.417. The smallest absolute Gasteiger partial charge is 0.269 e. The standard InChI is InChI=1S/C17H18N4OS/c18-17(8-4-5-9-17)16-20-15(22-21-16)13-11-19-14(23-13)10-12-6-2-1-3-7-12/h1-3,6-7,11H,4-5,8-10,18H2. The second-order valence-corrected chi connectivity index (χ2v) is 7.18. The van der Waals surface area contributed by atoms with Crippen LogP contribution in [0.5, 0.6) is 0 Å². The molecule has 1 fully saturated rings. The van der Waals surface area contributed by atoms with Crippen molar-refractivity contribution >= 4 is 11.3 Å². The number of aromatic nitrogens is 3. The normalized spacial score (nSPS) is 16.7. The van der Waals surface area contributed by atoms with E-state index in [1.807, 2.05) is 18.2 Å². The fraction of sp³-hybridized carbons (Fsp3) is 0.353. The number of hydrogen-bond donors (Lipinski definition) is 1. The van der Waals surface area contributed by atoms with Gasteiger partial charge in [0.1, 0.15) is 4.88 Å². The van der Waals surface area contributed by atoms with Crippen LogP contribution < -0.4 is 5.73 Å². The molecule has 0 spiro atoms. The van der Waals surface area contributed by atoms with Crippen molar-refractivity contribution in [2.45, 2.75) is 37.6 Å². The first-order chi connectivity index (χ1) is 11.2. The summed E-state index contributed by atoms with van der Waals surface area (Å²) in [6.07, 6.45) is 6.72. The molecule has 1 aliphatic carbocycles. The zero-order valence-electron chi connectivity index (χ0n) is 12.7. The van der Waals surface area contributed by atoms with Gasteiger partial charge in [0.25, 0.3) is 5.89 Å². The summed E-state index contributed by atoms with van der Waals surface area (Å²) in [4.78, 5) is 9.89. The van der Waals surface area contributed by atoms with Gasteiger partial charge in [-0.3, -0.25) is 0 Å². The molecule has 0 unspecified atom stereocenters. The SMILES string of the molecule is NC1(c2noc(-c3cnc(Cc4ccccc4)s3)n2)CCCC1. The molecule has 3 aromatic rings. The Balaban J connectivity index is 1.54. The first-order valence-corrected chi connectivity index (χ1v) is 8.67. The number of hydrogen-bond acceptors (Lipinski definition) is 6. The van der Waals surface area contributed by atoms with Gasteiger partial charge in [0, 0.05) is 6.42 Å². The van der Waals surface area contributed by atoms with Crippen molar-refractivity contribution in [3.05, 3.63) is 52.9 Å². The molecule has 2 heterocycles. The van der Waals surface area contributed by atoms with Gasteiger partial charge in [-0.15, -0.1) is 11.3 Å². The minimum absolute atomic E-state index is 0.417. The Bertz CT molecular complexity index is 790. The second kappa shape index (κ2) is 5.86. The van der Waals surface area contributed by atoms with E-state index in [2.05, 4.69) is 27.3 Å². The highest BCUT2D eigenvalue weighted by molar-refractivity contribution is 7.15. The highest BCUT2D eigenvalue weighted by atomic mass is 32.1. The van der Waals surface area contributed by atoms with Crippen molar-refractivity contribution in [1.82, 2.24) is 15.1 Å². The summed E-state index contributed by atoms with van der Waals surface area (Å²) < 4.78 is 5.42. The number of nitrogens with two attached hydrogens (primary N) is 1. The maximum absolute atomic E-state index is 6.38. The van der Waals surface area contributed by atoms with Crippen molar-refractivity contribution in [3.8, 4) is 10.8 Å². The van der Waals surface area contributed by atoms with E-state index in [0.29, 0.717) is 11.7 Å². The van der Waals surface area contributed by atoms with E-state index >= 15 is 0 Å². The van der Waals surface area contributed by atoms with Gasteiger partial charge < -0.3 is 10.3 Å². The molecule has 6 heteroatoms. The molecule has 0 bridgehead atoms. The third kappa shape index (κ3) is 2.92. The summed E-state index contributed by atoms with van der Waals surface area (Å²) in [6.45, 7) is 0. The van der Waals surface area contributed by atoms with Crippen LogP contribution in [0.4, 0.5) is 0 Å². The van der Waals surface area contributed by atoms with Crippen LogP contribution in [-0.4, -0.2) is 15.1 Å². The highest BCUT2D eigenvalue weighted by Gasteiger charge is 2.36. The maximum atomic E-state index is 6.38. The summed E-state index contributed by atoms with van der Waals surface area (Å²) in [5, 5.41) is 5.14. The molecule has 1 aromatic carbocycles. The summed E-state index contributed by atoms with van der Waals surface area (Å²) >= 11 is 1.59. The van der Waals surface area contributed by atoms with Gasteiger partial charge in [-0.2, -0.15) is 4.98 Å². The molecule has 5 nitrogen and oxygen atoms in total. The largest absolute Gasteiger partial charge is 0.333 e. The molecule has 0 saturated heterocycles. The summed E-state index contributed by atoms with van der Waals surface area (Å²) in [5.74, 6) is 1.15. The third-order valence-electron chi connectivity index (χ3n) is 4.33. The maximum Gasteiger partial charge on any atom is 0.269 e. The van der Waals surface area contributed by atoms with Crippen LogP contribution >= 0.6 is 11.3 Å². The van der Waals surface area contributed by atoms with Gasteiger partial charge in [-0.1, -0.05) is 48.3 Å². The molecule has 0 atom stereocenters. The Kier molecular flexibility index (Phi) is 3.71. The van der Waals surface area contributed by atoms with Gasteiger partial charge >= 0.3 is 0 Å². The molecule has 0 amide bonds. The second-order valence-electron chi connectivity index (χ2n) is 6.07. The fourth-order valence-corrected chi connectivity index (χ4v) is 3.89. The number of benzene rings is 1. The highest BCUT2D eigenvalue weighted by Crippen LogP contribution is 2.36. The molecule has 1 aliphatic rings. The lowest BCUT2D eigenvalue weighted by Crippen LogP contribution is -2.34. The van der Waals surface area contributed by atoms with E-state index in [0.717, 1.165) is 42.0 Å². The summed E-state index contributed by atoms with van der Waals surface area (Å²) in [5.41, 5.74) is 7.21. The van der Waals surface area contributed by atoms with Crippen LogP contribution in [0.3, 0.4) is 0 Å². The summed E-state index contributed by atoms with van der Waals surface area (Å²) in [6, 6.07) is 10.3. The fourth-order valence-electron chi connectivity index (χ4n) is 3.02. The Morgan fingerprint density at radius 1 is 1.17 bits per heavy atom. The van der Waals surface area contributed by atoms with Gasteiger partial charge in [0.2, 0.25) is 0 Å². The summed E-state index contributed by atoms with van der Waals surface area (Å²) in [7, 11) is 0. The molecule has 0 aliphatic heterocycles. The van der Waals surface area contributed by atoms with Crippen LogP contribution in [0.15, 0.2) is 41.1 Å². The molecule has 2 aromatic heterocycles. The molecular weight excluding hydrogens is 308 g/mol. The molecule has 0 radical (unpaired) electrons. The van der Waals surface area contributed by atoms with Crippen LogP contribution in [0.25, 0.3) is 10.8 Å². The van der Waals surface area contributed by atoms with Crippen molar-refractivity contribution in [3.63, 3.8) is 0 Å². The third-order valence-corrected chi connectivity index (χ3v) is 5.31. The van der Waals surface area contributed by atoms with Crippen molar-refractivity contribution in [1.29, 1.82) is 0 Å². The van der Waals surface area contributed by atoms with E-state index in [-0.39, 0.29) is 0 Å². The van der Waals surface area contributed by atoms with Gasteiger partial charge in [-0.05, 0) is 18.4 Å². The van der Waals surface area contributed by atoms with Crippen LogP contribution in [0, 0.1) is 0 Å². The zero-order chi connectivity index (χ0) is 15.7. The van der Waals surface area contributed by atoms with Crippen LogP contribution in [-0.2, 0) is 12.0 Å². The molecule has 4 rings (SSSR count). The molecule has 23 heavy (non-hydrogen) atoms. The molecule has 2 N–H and O–H groups in total. The lowest BCUT2D eigenvalue weighted by atomic mass is 9.99. The predicted octanol–water partition coefficient (Wildman–Crippen LogP) is 3.51. The van der Waals surface area contributed by atoms with E-state index in [4.69, 9.17) is 10.3 Å². The topological polar surface area (TPSA) is 77.8 Å². The Labute approximate surface area is 138 Å². The number of thiazole rings is 1. The molecule has 118 valence electrons. The Morgan fingerprint density at radius 2 is 1.96 bits per heavy atom. The van der Waals surface area contributed by atoms with Crippen LogP contribution in [0.2, 0.25) is 0 Å². The molecular formula is C17H18N4OS. The van der Waals surface area contributed by atoms with Gasteiger partial charge in [0.05, 0.1) is 16.7 Å². The van der Waals surface area contributed by atoms with E-state index in [1.165, 1.54) is 5.56 Å². The predicted molar refractivity (Wildman–Crippen MR) is 89.0 cm³/mol. The quantitative estimate of drug-likeness (QED) is 0.794. The lowest BCUT2D eigenvalue weighted by molar-refractivity contribution is 0.373. The molecule has 1 saturated carbocycles. The average molecular weight is 326 g/mol. The van der Waals surface area contributed by atoms with Crippen LogP contribution in [0.1, 0.15) is 42.1 Å². The van der Waals surface area contributed by atoms with Gasteiger partial charge in [0.15, 0.2) is 5.82 Å². The Morgan fingerprint density at radius 3 is 2.74 bits per heavy atom. The van der Waals surface area contributed by atoms with Crippen molar-refractivity contribution in [2.75, 3.05) is 0 Å². The number of rotatable bonds is 4. The first-order valence-electron chi connectivity index (χ1n) is 7.85. The first kappa shape index (κ1) is 14.5. The zero-order valence-corrected chi connectivity index (χ0v) is 13.6. The average Bonchev–Trinajstić information content (AvgIpc) is 3.28.